The van der Waals surface area contributed by atoms with Gasteiger partial charge in [0.05, 0.1) is 5.41 Å². The van der Waals surface area contributed by atoms with Crippen LogP contribution in [0.1, 0.15) is 17.0 Å². The quantitative estimate of drug-likeness (QED) is 0.835. The lowest BCUT2D eigenvalue weighted by atomic mass is 9.73. The molecule has 0 bridgehead atoms. The van der Waals surface area contributed by atoms with E-state index in [1.807, 2.05) is 11.8 Å². The summed E-state index contributed by atoms with van der Waals surface area (Å²) in [5, 5.41) is 12.7. The van der Waals surface area contributed by atoms with E-state index in [0.29, 0.717) is 51.1 Å². The van der Waals surface area contributed by atoms with E-state index in [2.05, 4.69) is 15.5 Å². The van der Waals surface area contributed by atoms with E-state index in [0.717, 1.165) is 10.1 Å². The first-order valence-corrected chi connectivity index (χ1v) is 10.1. The van der Waals surface area contributed by atoms with Crippen LogP contribution in [0.5, 0.6) is 0 Å². The second-order valence-electron chi connectivity index (χ2n) is 7.40. The molecule has 148 valence electrons. The summed E-state index contributed by atoms with van der Waals surface area (Å²) in [4.78, 5) is 28.9. The van der Waals surface area contributed by atoms with Gasteiger partial charge in [0.15, 0.2) is 0 Å². The SMILES string of the molecule is Cc1nnc(N2CC(Cc3ccccc3F)(C(=O)N3CCNC(=O)CC3)C2)s1. The van der Waals surface area contributed by atoms with Crippen LogP contribution < -0.4 is 10.2 Å². The molecular formula is C19H22FN5O2S. The highest BCUT2D eigenvalue weighted by atomic mass is 32.1. The predicted octanol–water partition coefficient (Wildman–Crippen LogP) is 1.38. The summed E-state index contributed by atoms with van der Waals surface area (Å²) in [5.74, 6) is -0.365. The maximum absolute atomic E-state index is 14.3. The number of rotatable bonds is 4. The van der Waals surface area contributed by atoms with Gasteiger partial charge in [-0.15, -0.1) is 10.2 Å². The molecule has 2 amide bonds. The van der Waals surface area contributed by atoms with Crippen LogP contribution in [-0.4, -0.2) is 59.6 Å². The van der Waals surface area contributed by atoms with E-state index in [9.17, 15) is 14.0 Å². The van der Waals surface area contributed by atoms with Crippen molar-refractivity contribution >= 4 is 28.3 Å². The summed E-state index contributed by atoms with van der Waals surface area (Å²) < 4.78 is 14.3. The molecule has 0 spiro atoms. The molecule has 9 heteroatoms. The topological polar surface area (TPSA) is 78.4 Å². The van der Waals surface area contributed by atoms with Gasteiger partial charge in [-0.2, -0.15) is 0 Å². The highest BCUT2D eigenvalue weighted by Crippen LogP contribution is 2.40. The number of amides is 2. The Bertz CT molecular complexity index is 896. The third kappa shape index (κ3) is 3.58. The molecule has 2 saturated heterocycles. The molecule has 1 aromatic carbocycles. The van der Waals surface area contributed by atoms with Gasteiger partial charge in [0.25, 0.3) is 0 Å². The number of hydrogen-bond acceptors (Lipinski definition) is 6. The second kappa shape index (κ2) is 7.46. The fourth-order valence-corrected chi connectivity index (χ4v) is 4.55. The number of aryl methyl sites for hydroxylation is 1. The number of benzene rings is 1. The Morgan fingerprint density at radius 3 is 2.79 bits per heavy atom. The molecule has 2 fully saturated rings. The molecule has 0 unspecified atom stereocenters. The second-order valence-corrected chi connectivity index (χ2v) is 8.56. The number of halogens is 1. The molecule has 0 saturated carbocycles. The van der Waals surface area contributed by atoms with Crippen molar-refractivity contribution in [3.8, 4) is 0 Å². The minimum atomic E-state index is -0.727. The van der Waals surface area contributed by atoms with Gasteiger partial charge in [0.1, 0.15) is 10.8 Å². The van der Waals surface area contributed by atoms with Gasteiger partial charge in [-0.25, -0.2) is 4.39 Å². The average Bonchev–Trinajstić information content (AvgIpc) is 2.95. The van der Waals surface area contributed by atoms with Gasteiger partial charge in [-0.05, 0) is 25.0 Å². The fraction of sp³-hybridized carbons (Fsp3) is 0.474. The zero-order chi connectivity index (χ0) is 19.7. The van der Waals surface area contributed by atoms with Crippen LogP contribution in [-0.2, 0) is 16.0 Å². The summed E-state index contributed by atoms with van der Waals surface area (Å²) in [7, 11) is 0. The standard InChI is InChI=1S/C19H22FN5O2S/c1-13-22-23-18(28-13)25-11-19(12-25,10-14-4-2-3-5-15(14)20)17(27)24-8-6-16(26)21-7-9-24/h2-5H,6-12H2,1H3,(H,21,26). The molecule has 7 nitrogen and oxygen atoms in total. The largest absolute Gasteiger partial charge is 0.354 e. The molecule has 3 heterocycles. The zero-order valence-corrected chi connectivity index (χ0v) is 16.5. The van der Waals surface area contributed by atoms with Crippen molar-refractivity contribution < 1.29 is 14.0 Å². The molecule has 0 radical (unpaired) electrons. The third-order valence-corrected chi connectivity index (χ3v) is 6.21. The fourth-order valence-electron chi connectivity index (χ4n) is 3.87. The van der Waals surface area contributed by atoms with Crippen molar-refractivity contribution in [2.45, 2.75) is 19.8 Å². The monoisotopic (exact) mass is 403 g/mol. The molecule has 1 N–H and O–H groups in total. The molecule has 0 atom stereocenters. The number of carbonyl (C=O) groups is 2. The Morgan fingerprint density at radius 2 is 2.07 bits per heavy atom. The predicted molar refractivity (Wildman–Crippen MR) is 104 cm³/mol. The van der Waals surface area contributed by atoms with Crippen molar-refractivity contribution in [1.29, 1.82) is 0 Å². The van der Waals surface area contributed by atoms with Crippen molar-refractivity contribution in [3.05, 3.63) is 40.7 Å². The maximum atomic E-state index is 14.3. The van der Waals surface area contributed by atoms with Gasteiger partial charge >= 0.3 is 0 Å². The minimum absolute atomic E-state index is 0.0234. The Morgan fingerprint density at radius 1 is 1.29 bits per heavy atom. The van der Waals surface area contributed by atoms with E-state index in [-0.39, 0.29) is 17.6 Å². The van der Waals surface area contributed by atoms with E-state index >= 15 is 0 Å². The molecule has 0 aliphatic carbocycles. The third-order valence-electron chi connectivity index (χ3n) is 5.31. The lowest BCUT2D eigenvalue weighted by Gasteiger charge is -2.50. The van der Waals surface area contributed by atoms with Gasteiger partial charge in [-0.1, -0.05) is 29.5 Å². The normalized spacial score (nSPS) is 19.0. The van der Waals surface area contributed by atoms with Crippen molar-refractivity contribution in [1.82, 2.24) is 20.4 Å². The summed E-state index contributed by atoms with van der Waals surface area (Å²) in [6.45, 7) is 4.13. The Labute approximate surface area is 166 Å². The van der Waals surface area contributed by atoms with Crippen LogP contribution >= 0.6 is 11.3 Å². The van der Waals surface area contributed by atoms with Crippen LogP contribution in [0.25, 0.3) is 0 Å². The van der Waals surface area contributed by atoms with Crippen LogP contribution in [0.15, 0.2) is 24.3 Å². The smallest absolute Gasteiger partial charge is 0.232 e. The van der Waals surface area contributed by atoms with Crippen LogP contribution in [0.2, 0.25) is 0 Å². The average molecular weight is 403 g/mol. The lowest BCUT2D eigenvalue weighted by molar-refractivity contribution is -0.143. The maximum Gasteiger partial charge on any atom is 0.232 e. The van der Waals surface area contributed by atoms with Crippen molar-refractivity contribution in [2.24, 2.45) is 5.41 Å². The lowest BCUT2D eigenvalue weighted by Crippen LogP contribution is -2.65. The first kappa shape index (κ1) is 18.8. The van der Waals surface area contributed by atoms with Crippen molar-refractivity contribution in [3.63, 3.8) is 0 Å². The summed E-state index contributed by atoms with van der Waals surface area (Å²) in [6, 6.07) is 6.59. The first-order valence-electron chi connectivity index (χ1n) is 9.31. The van der Waals surface area contributed by atoms with Crippen LogP contribution in [0.3, 0.4) is 0 Å². The Hall–Kier alpha value is -2.55. The Balaban J connectivity index is 1.58. The molecule has 2 aliphatic heterocycles. The van der Waals surface area contributed by atoms with E-state index in [1.54, 1.807) is 23.1 Å². The molecule has 1 aromatic heterocycles. The van der Waals surface area contributed by atoms with Crippen LogP contribution in [0, 0.1) is 18.2 Å². The van der Waals surface area contributed by atoms with E-state index in [1.165, 1.54) is 17.4 Å². The zero-order valence-electron chi connectivity index (χ0n) is 15.7. The highest BCUT2D eigenvalue weighted by molar-refractivity contribution is 7.15. The minimum Gasteiger partial charge on any atom is -0.354 e. The van der Waals surface area contributed by atoms with Gasteiger partial charge < -0.3 is 15.1 Å². The van der Waals surface area contributed by atoms with Gasteiger partial charge in [-0.3, -0.25) is 9.59 Å². The number of hydrogen-bond donors (Lipinski definition) is 1. The van der Waals surface area contributed by atoms with Crippen molar-refractivity contribution in [2.75, 3.05) is 37.6 Å². The number of anilines is 1. The molecule has 2 aliphatic rings. The van der Waals surface area contributed by atoms with E-state index in [4.69, 9.17) is 0 Å². The molecular weight excluding hydrogens is 381 g/mol. The van der Waals surface area contributed by atoms with E-state index < -0.39 is 5.41 Å². The number of nitrogens with one attached hydrogen (secondary N) is 1. The summed E-state index contributed by atoms with van der Waals surface area (Å²) in [6.07, 6.45) is 0.617. The summed E-state index contributed by atoms with van der Waals surface area (Å²) in [5.41, 5.74) is -0.192. The van der Waals surface area contributed by atoms with Crippen LogP contribution in [0.4, 0.5) is 9.52 Å². The van der Waals surface area contributed by atoms with Gasteiger partial charge in [0.2, 0.25) is 16.9 Å². The number of carbonyl (C=O) groups excluding carboxylic acids is 2. The number of nitrogens with zero attached hydrogens (tertiary/aromatic N) is 4. The molecule has 4 rings (SSSR count). The van der Waals surface area contributed by atoms with Gasteiger partial charge in [0, 0.05) is 39.1 Å². The first-order chi connectivity index (χ1) is 13.5. The molecule has 28 heavy (non-hydrogen) atoms. The molecule has 2 aromatic rings. The number of aromatic nitrogens is 2. The highest BCUT2D eigenvalue weighted by Gasteiger charge is 2.52. The Kier molecular flexibility index (Phi) is 5.01. The summed E-state index contributed by atoms with van der Waals surface area (Å²) >= 11 is 1.48.